The van der Waals surface area contributed by atoms with Crippen LogP contribution in [0.5, 0.6) is 11.5 Å². The van der Waals surface area contributed by atoms with Crippen LogP contribution < -0.4 is 20.5 Å². The second-order valence-corrected chi connectivity index (χ2v) is 8.01. The van der Waals surface area contributed by atoms with E-state index in [1.54, 1.807) is 0 Å². The lowest BCUT2D eigenvalue weighted by Gasteiger charge is -2.44. The molecule has 0 saturated carbocycles. The fraction of sp³-hybridized carbons (Fsp3) is 0.650. The highest BCUT2D eigenvalue weighted by molar-refractivity contribution is 14.0. The maximum absolute atomic E-state index is 6.13. The first-order chi connectivity index (χ1) is 12.8. The highest BCUT2D eigenvalue weighted by Gasteiger charge is 2.33. The Morgan fingerprint density at radius 2 is 1.82 bits per heavy atom. The first-order valence-electron chi connectivity index (χ1n) is 9.70. The Morgan fingerprint density at radius 3 is 2.50 bits per heavy atom. The lowest BCUT2D eigenvalue weighted by Crippen LogP contribution is -2.56. The molecule has 2 heterocycles. The molecule has 3 N–H and O–H groups in total. The number of rotatable bonds is 4. The van der Waals surface area contributed by atoms with Gasteiger partial charge in [0.15, 0.2) is 17.5 Å². The lowest BCUT2D eigenvalue weighted by atomic mass is 10.0. The van der Waals surface area contributed by atoms with Gasteiger partial charge in [0, 0.05) is 36.8 Å². The number of hydrogen-bond acceptors (Lipinski definition) is 5. The summed E-state index contributed by atoms with van der Waals surface area (Å²) in [6.45, 7) is 12.4. The van der Waals surface area contributed by atoms with Crippen LogP contribution in [0.15, 0.2) is 23.2 Å². The number of nitrogens with one attached hydrogen (secondary N) is 1. The predicted octanol–water partition coefficient (Wildman–Crippen LogP) is 3.08. The van der Waals surface area contributed by atoms with E-state index in [9.17, 15) is 0 Å². The molecular formula is C20H33IN4O3. The molecule has 0 bridgehead atoms. The van der Waals surface area contributed by atoms with E-state index < -0.39 is 0 Å². The molecule has 3 rings (SSSR count). The van der Waals surface area contributed by atoms with Crippen molar-refractivity contribution < 1.29 is 14.2 Å². The topological polar surface area (TPSA) is 81.3 Å². The molecule has 2 atom stereocenters. The third kappa shape index (κ3) is 6.12. The summed E-state index contributed by atoms with van der Waals surface area (Å²) < 4.78 is 17.2. The summed E-state index contributed by atoms with van der Waals surface area (Å²) >= 11 is 0. The van der Waals surface area contributed by atoms with Gasteiger partial charge in [-0.25, -0.2) is 0 Å². The van der Waals surface area contributed by atoms with E-state index in [4.69, 9.17) is 19.9 Å². The fourth-order valence-electron chi connectivity index (χ4n) is 3.48. The molecule has 1 aromatic rings. The Hall–Kier alpha value is -1.26. The van der Waals surface area contributed by atoms with Gasteiger partial charge >= 0.3 is 0 Å². The lowest BCUT2D eigenvalue weighted by molar-refractivity contribution is -0.0939. The summed E-state index contributed by atoms with van der Waals surface area (Å²) in [5.41, 5.74) is 6.87. The van der Waals surface area contributed by atoms with Crippen LogP contribution in [0.4, 0.5) is 5.69 Å². The second kappa shape index (κ2) is 9.98. The molecule has 8 heteroatoms. The van der Waals surface area contributed by atoms with Crippen LogP contribution in [0.1, 0.15) is 34.1 Å². The predicted molar refractivity (Wildman–Crippen MR) is 123 cm³/mol. The van der Waals surface area contributed by atoms with Gasteiger partial charge in [-0.3, -0.25) is 9.89 Å². The number of morpholine rings is 1. The van der Waals surface area contributed by atoms with Crippen molar-refractivity contribution in [3.63, 3.8) is 0 Å². The Labute approximate surface area is 185 Å². The third-order valence-corrected chi connectivity index (χ3v) is 4.93. The summed E-state index contributed by atoms with van der Waals surface area (Å²) in [5.74, 6) is 1.90. The van der Waals surface area contributed by atoms with Gasteiger partial charge in [0.1, 0.15) is 0 Å². The van der Waals surface area contributed by atoms with Gasteiger partial charge in [-0.1, -0.05) is 0 Å². The number of fused-ring (bicyclic) bond motifs is 1. The molecule has 0 aliphatic carbocycles. The van der Waals surface area contributed by atoms with Gasteiger partial charge in [-0.2, -0.15) is 0 Å². The fourth-order valence-corrected chi connectivity index (χ4v) is 3.48. The van der Waals surface area contributed by atoms with Gasteiger partial charge in [-0.15, -0.1) is 24.0 Å². The minimum absolute atomic E-state index is 0. The van der Waals surface area contributed by atoms with Gasteiger partial charge < -0.3 is 25.3 Å². The molecule has 0 radical (unpaired) electrons. The van der Waals surface area contributed by atoms with E-state index in [0.29, 0.717) is 25.7 Å². The Morgan fingerprint density at radius 1 is 1.18 bits per heavy atom. The zero-order valence-corrected chi connectivity index (χ0v) is 19.6. The van der Waals surface area contributed by atoms with Crippen LogP contribution in [-0.2, 0) is 4.74 Å². The summed E-state index contributed by atoms with van der Waals surface area (Å²) in [5, 5.41) is 3.15. The molecule has 2 unspecified atom stereocenters. The quantitative estimate of drug-likeness (QED) is 0.373. The van der Waals surface area contributed by atoms with Crippen molar-refractivity contribution in [1.82, 2.24) is 4.90 Å². The van der Waals surface area contributed by atoms with E-state index in [1.807, 2.05) is 18.2 Å². The van der Waals surface area contributed by atoms with Crippen LogP contribution in [0.2, 0.25) is 0 Å². The third-order valence-electron chi connectivity index (χ3n) is 4.93. The van der Waals surface area contributed by atoms with Gasteiger partial charge in [0.2, 0.25) is 0 Å². The molecule has 7 nitrogen and oxygen atoms in total. The molecule has 0 aromatic heterocycles. The first kappa shape index (κ1) is 23.0. The number of anilines is 1. The smallest absolute Gasteiger partial charge is 0.193 e. The zero-order valence-electron chi connectivity index (χ0n) is 17.2. The summed E-state index contributed by atoms with van der Waals surface area (Å²) in [6, 6.07) is 5.72. The number of benzene rings is 1. The number of halogens is 1. The number of aliphatic imine (C=N–C) groups is 1. The molecule has 28 heavy (non-hydrogen) atoms. The molecule has 1 saturated heterocycles. The van der Waals surface area contributed by atoms with Crippen molar-refractivity contribution in [3.8, 4) is 11.5 Å². The number of ether oxygens (including phenoxy) is 3. The summed E-state index contributed by atoms with van der Waals surface area (Å²) in [7, 11) is 0. The number of guanidine groups is 1. The molecule has 2 aliphatic rings. The Bertz CT molecular complexity index is 673. The molecule has 158 valence electrons. The van der Waals surface area contributed by atoms with Crippen molar-refractivity contribution >= 4 is 35.6 Å². The van der Waals surface area contributed by atoms with Crippen LogP contribution >= 0.6 is 24.0 Å². The normalized spacial score (nSPS) is 23.5. The van der Waals surface area contributed by atoms with Crippen molar-refractivity contribution in [2.75, 3.05) is 38.2 Å². The average Bonchev–Trinajstić information content (AvgIpc) is 2.84. The van der Waals surface area contributed by atoms with E-state index in [0.717, 1.165) is 36.7 Å². The first-order valence-corrected chi connectivity index (χ1v) is 9.70. The zero-order chi connectivity index (χ0) is 19.4. The molecule has 1 fully saturated rings. The number of hydrogen-bond donors (Lipinski definition) is 2. The highest BCUT2D eigenvalue weighted by atomic mass is 127. The Kier molecular flexibility index (Phi) is 8.20. The summed E-state index contributed by atoms with van der Waals surface area (Å²) in [4.78, 5) is 7.00. The minimum atomic E-state index is -0.0939. The van der Waals surface area contributed by atoms with Crippen molar-refractivity contribution in [2.45, 2.75) is 51.9 Å². The second-order valence-electron chi connectivity index (χ2n) is 8.01. The van der Waals surface area contributed by atoms with Crippen LogP contribution in [0.25, 0.3) is 0 Å². The van der Waals surface area contributed by atoms with Gasteiger partial charge in [-0.05, 0) is 39.8 Å². The number of nitrogens with two attached hydrogens (primary N) is 1. The van der Waals surface area contributed by atoms with Crippen LogP contribution in [0.3, 0.4) is 0 Å². The van der Waals surface area contributed by atoms with Crippen LogP contribution in [-0.4, -0.2) is 61.5 Å². The van der Waals surface area contributed by atoms with Gasteiger partial charge in [0.25, 0.3) is 0 Å². The average molecular weight is 504 g/mol. The minimum Gasteiger partial charge on any atom is -0.490 e. The van der Waals surface area contributed by atoms with Crippen molar-refractivity contribution in [1.29, 1.82) is 0 Å². The summed E-state index contributed by atoms with van der Waals surface area (Å²) in [6.07, 6.45) is 1.35. The van der Waals surface area contributed by atoms with Crippen LogP contribution in [0, 0.1) is 0 Å². The molecular weight excluding hydrogens is 471 g/mol. The molecule has 0 amide bonds. The van der Waals surface area contributed by atoms with E-state index in [1.165, 1.54) is 0 Å². The highest BCUT2D eigenvalue weighted by Crippen LogP contribution is 2.32. The maximum Gasteiger partial charge on any atom is 0.193 e. The van der Waals surface area contributed by atoms with E-state index >= 15 is 0 Å². The monoisotopic (exact) mass is 504 g/mol. The Balaban J connectivity index is 0.00000280. The van der Waals surface area contributed by atoms with Gasteiger partial charge in [0.05, 0.1) is 32.0 Å². The molecule has 0 spiro atoms. The SMILES string of the molecule is CC1CN(C(C)(C)CN=C(N)Nc2ccc3c(c2)OCCCO3)CC(C)O1.I. The van der Waals surface area contributed by atoms with Crippen molar-refractivity contribution in [2.24, 2.45) is 10.7 Å². The molecule has 2 aliphatic heterocycles. The van der Waals surface area contributed by atoms with E-state index in [-0.39, 0.29) is 41.7 Å². The van der Waals surface area contributed by atoms with E-state index in [2.05, 4.69) is 42.9 Å². The van der Waals surface area contributed by atoms with Crippen molar-refractivity contribution in [3.05, 3.63) is 18.2 Å². The largest absolute Gasteiger partial charge is 0.490 e. The maximum atomic E-state index is 6.13. The molecule has 1 aromatic carbocycles. The standard InChI is InChI=1S/C20H32N4O3.HI/c1-14-11-24(12-15(2)27-14)20(3,4)13-22-19(21)23-16-6-7-17-18(10-16)26-9-5-8-25-17;/h6-7,10,14-15H,5,8-9,11-13H2,1-4H3,(H3,21,22,23);1H. The number of nitrogens with zero attached hydrogens (tertiary/aromatic N) is 2.